The lowest BCUT2D eigenvalue weighted by Crippen LogP contribution is -2.35. The number of aromatic hydroxyl groups is 2. The molecule has 0 saturated carbocycles. The fourth-order valence-corrected chi connectivity index (χ4v) is 3.54. The second-order valence-corrected chi connectivity index (χ2v) is 8.22. The molecule has 0 saturated heterocycles. The van der Waals surface area contributed by atoms with Gasteiger partial charge in [0.15, 0.2) is 0 Å². The van der Waals surface area contributed by atoms with Gasteiger partial charge < -0.3 is 10.2 Å². The molecular formula is C16H19N3O5S. The molecule has 1 aliphatic rings. The molecule has 0 aliphatic carbocycles. The van der Waals surface area contributed by atoms with E-state index in [1.807, 2.05) is 4.90 Å². The minimum atomic E-state index is -3.61. The van der Waals surface area contributed by atoms with Gasteiger partial charge in [-0.3, -0.25) is 14.7 Å². The van der Waals surface area contributed by atoms with Crippen molar-refractivity contribution >= 4 is 9.84 Å². The lowest BCUT2D eigenvalue weighted by Gasteiger charge is -2.28. The number of nitrogens with zero attached hydrogens (tertiary/aromatic N) is 2. The van der Waals surface area contributed by atoms with Crippen molar-refractivity contribution in [3.8, 4) is 11.5 Å². The van der Waals surface area contributed by atoms with Crippen LogP contribution in [0.4, 0.5) is 0 Å². The van der Waals surface area contributed by atoms with Crippen LogP contribution in [0.2, 0.25) is 0 Å². The van der Waals surface area contributed by atoms with Crippen molar-refractivity contribution in [2.45, 2.75) is 31.6 Å². The monoisotopic (exact) mass is 365 g/mol. The molecule has 2 aromatic rings. The number of sulfone groups is 1. The zero-order valence-corrected chi connectivity index (χ0v) is 14.7. The van der Waals surface area contributed by atoms with Gasteiger partial charge >= 0.3 is 0 Å². The van der Waals surface area contributed by atoms with Gasteiger partial charge in [0.2, 0.25) is 15.0 Å². The van der Waals surface area contributed by atoms with Crippen LogP contribution in [-0.2, 0) is 29.3 Å². The van der Waals surface area contributed by atoms with Crippen molar-refractivity contribution in [2.75, 3.05) is 12.8 Å². The van der Waals surface area contributed by atoms with Crippen LogP contribution in [0.5, 0.6) is 11.5 Å². The van der Waals surface area contributed by atoms with Crippen molar-refractivity contribution in [1.29, 1.82) is 0 Å². The van der Waals surface area contributed by atoms with Gasteiger partial charge in [-0.2, -0.15) is 0 Å². The first-order valence-corrected chi connectivity index (χ1v) is 9.60. The van der Waals surface area contributed by atoms with E-state index in [2.05, 4.69) is 9.97 Å². The van der Waals surface area contributed by atoms with Crippen LogP contribution >= 0.6 is 0 Å². The topological polar surface area (TPSA) is 124 Å². The molecule has 0 fully saturated rings. The van der Waals surface area contributed by atoms with E-state index in [-0.39, 0.29) is 16.7 Å². The average molecular weight is 365 g/mol. The van der Waals surface area contributed by atoms with Crippen LogP contribution in [0, 0.1) is 6.92 Å². The number of H-pyrrole nitrogens is 1. The normalized spacial score (nSPS) is 15.1. The average Bonchev–Trinajstić information content (AvgIpc) is 2.49. The molecule has 25 heavy (non-hydrogen) atoms. The quantitative estimate of drug-likeness (QED) is 0.675. The maximum Gasteiger partial charge on any atom is 0.255 e. The highest BCUT2D eigenvalue weighted by Crippen LogP contribution is 2.29. The van der Waals surface area contributed by atoms with E-state index >= 15 is 0 Å². The number of phenolic OH excluding ortho intramolecular Hbond substituents is 2. The van der Waals surface area contributed by atoms with Gasteiger partial charge in [0.1, 0.15) is 11.5 Å². The number of aromatic amines is 1. The zero-order valence-electron chi connectivity index (χ0n) is 13.9. The van der Waals surface area contributed by atoms with Crippen LogP contribution in [0.15, 0.2) is 22.1 Å². The Morgan fingerprint density at radius 2 is 2.04 bits per heavy atom. The molecule has 0 atom stereocenters. The van der Waals surface area contributed by atoms with E-state index in [0.717, 1.165) is 11.8 Å². The largest absolute Gasteiger partial charge is 0.508 e. The Morgan fingerprint density at radius 1 is 1.32 bits per heavy atom. The maximum atomic E-state index is 12.1. The van der Waals surface area contributed by atoms with Crippen LogP contribution in [-0.4, -0.2) is 46.3 Å². The Kier molecular flexibility index (Phi) is 4.29. The van der Waals surface area contributed by atoms with Crippen LogP contribution in [0.3, 0.4) is 0 Å². The summed E-state index contributed by atoms with van der Waals surface area (Å²) in [5.74, 6) is -0.00674. The summed E-state index contributed by atoms with van der Waals surface area (Å²) in [5, 5.41) is 19.2. The fraction of sp³-hybridized carbons (Fsp3) is 0.375. The summed E-state index contributed by atoms with van der Waals surface area (Å²) >= 11 is 0. The highest BCUT2D eigenvalue weighted by Gasteiger charge is 2.24. The Balaban J connectivity index is 1.91. The summed E-state index contributed by atoms with van der Waals surface area (Å²) in [5.41, 5.74) is 1.93. The summed E-state index contributed by atoms with van der Waals surface area (Å²) in [6, 6.07) is 2.85. The van der Waals surface area contributed by atoms with E-state index in [4.69, 9.17) is 0 Å². The molecule has 8 nitrogen and oxygen atoms in total. The fourth-order valence-electron chi connectivity index (χ4n) is 2.99. The Morgan fingerprint density at radius 3 is 2.68 bits per heavy atom. The number of fused-ring (bicyclic) bond motifs is 1. The number of benzene rings is 1. The molecule has 1 aliphatic heterocycles. The molecule has 2 heterocycles. The number of rotatable bonds is 3. The highest BCUT2D eigenvalue weighted by atomic mass is 32.2. The molecule has 0 spiro atoms. The van der Waals surface area contributed by atoms with Gasteiger partial charge in [0.05, 0.1) is 5.69 Å². The number of hydrogen-bond donors (Lipinski definition) is 3. The minimum Gasteiger partial charge on any atom is -0.508 e. The van der Waals surface area contributed by atoms with Gasteiger partial charge in [-0.15, -0.1) is 0 Å². The first-order chi connectivity index (χ1) is 11.6. The number of aromatic nitrogens is 2. The minimum absolute atomic E-state index is 0.000935. The highest BCUT2D eigenvalue weighted by molar-refractivity contribution is 7.90. The summed E-state index contributed by atoms with van der Waals surface area (Å²) in [6.07, 6.45) is 1.44. The van der Waals surface area contributed by atoms with Crippen LogP contribution < -0.4 is 5.56 Å². The van der Waals surface area contributed by atoms with Gasteiger partial charge in [0.25, 0.3) is 5.56 Å². The third-order valence-electron chi connectivity index (χ3n) is 4.30. The molecule has 0 radical (unpaired) electrons. The van der Waals surface area contributed by atoms with Crippen molar-refractivity contribution in [1.82, 2.24) is 14.9 Å². The summed E-state index contributed by atoms with van der Waals surface area (Å²) in [6.45, 7) is 3.08. The van der Waals surface area contributed by atoms with Gasteiger partial charge in [-0.25, -0.2) is 13.4 Å². The van der Waals surface area contributed by atoms with Crippen molar-refractivity contribution < 1.29 is 18.6 Å². The summed E-state index contributed by atoms with van der Waals surface area (Å²) < 4.78 is 23.3. The summed E-state index contributed by atoms with van der Waals surface area (Å²) in [4.78, 5) is 20.5. The number of nitrogens with one attached hydrogen (secondary N) is 1. The third kappa shape index (κ3) is 3.52. The molecule has 9 heteroatoms. The second kappa shape index (κ2) is 6.16. The van der Waals surface area contributed by atoms with Crippen molar-refractivity contribution in [3.63, 3.8) is 0 Å². The number of hydrogen-bond acceptors (Lipinski definition) is 7. The lowest BCUT2D eigenvalue weighted by atomic mass is 10.0. The molecule has 1 aromatic carbocycles. The molecule has 0 bridgehead atoms. The Labute approximate surface area is 144 Å². The molecule has 134 valence electrons. The zero-order chi connectivity index (χ0) is 18.4. The smallest absolute Gasteiger partial charge is 0.255 e. The van der Waals surface area contributed by atoms with E-state index in [0.29, 0.717) is 42.9 Å². The van der Waals surface area contributed by atoms with E-state index in [1.54, 1.807) is 13.0 Å². The molecule has 0 amide bonds. The van der Waals surface area contributed by atoms with Crippen LogP contribution in [0.25, 0.3) is 0 Å². The second-order valence-electron chi connectivity index (χ2n) is 6.29. The van der Waals surface area contributed by atoms with Gasteiger partial charge in [-0.05, 0) is 25.0 Å². The Hall–Kier alpha value is -2.39. The molecule has 0 unspecified atom stereocenters. The molecular weight excluding hydrogens is 346 g/mol. The molecule has 3 N–H and O–H groups in total. The predicted molar refractivity (Wildman–Crippen MR) is 90.3 cm³/mol. The SMILES string of the molecule is Cc1cc(O)cc(O)c1CN1CCc2c(nc(S(C)(=O)=O)[nH]c2=O)C1. The van der Waals surface area contributed by atoms with E-state index < -0.39 is 15.4 Å². The maximum absolute atomic E-state index is 12.1. The van der Waals surface area contributed by atoms with E-state index in [9.17, 15) is 23.4 Å². The lowest BCUT2D eigenvalue weighted by molar-refractivity contribution is 0.235. The summed E-state index contributed by atoms with van der Waals surface area (Å²) in [7, 11) is -3.61. The van der Waals surface area contributed by atoms with Crippen molar-refractivity contribution in [2.24, 2.45) is 0 Å². The number of aryl methyl sites for hydroxylation is 1. The standard InChI is InChI=1S/C16H19N3O5S/c1-9-5-10(20)6-14(21)12(9)7-19-4-3-11-13(8-19)17-16(18-15(11)22)25(2,23)24/h5-6,20-21H,3-4,7-8H2,1-2H3,(H,17,18,22). The molecule has 1 aromatic heterocycles. The number of phenols is 2. The van der Waals surface area contributed by atoms with Gasteiger partial charge in [0, 0.05) is 43.1 Å². The van der Waals surface area contributed by atoms with Gasteiger partial charge in [-0.1, -0.05) is 0 Å². The third-order valence-corrected chi connectivity index (χ3v) is 5.19. The van der Waals surface area contributed by atoms with Crippen LogP contribution in [0.1, 0.15) is 22.4 Å². The predicted octanol–water partition coefficient (Wildman–Crippen LogP) is 0.451. The van der Waals surface area contributed by atoms with E-state index in [1.165, 1.54) is 6.07 Å². The first-order valence-electron chi connectivity index (χ1n) is 7.71. The molecule has 3 rings (SSSR count). The van der Waals surface area contributed by atoms with Crippen molar-refractivity contribution in [3.05, 3.63) is 44.9 Å². The first kappa shape index (κ1) is 17.4. The Bertz CT molecular complexity index is 974.